The van der Waals surface area contributed by atoms with Crippen molar-refractivity contribution in [1.29, 1.82) is 0 Å². The summed E-state index contributed by atoms with van der Waals surface area (Å²) in [6.45, 7) is 1.98. The summed E-state index contributed by atoms with van der Waals surface area (Å²) in [6, 6.07) is 7.16. The number of alkyl halides is 1. The summed E-state index contributed by atoms with van der Waals surface area (Å²) in [5.41, 5.74) is 0.573. The van der Waals surface area contributed by atoms with Crippen molar-refractivity contribution in [1.82, 2.24) is 4.90 Å². The molecule has 0 bridgehead atoms. The molecule has 1 aliphatic heterocycles. The lowest BCUT2D eigenvalue weighted by atomic mass is 10.1. The molecule has 0 atom stereocenters. The van der Waals surface area contributed by atoms with Crippen molar-refractivity contribution >= 4 is 29.1 Å². The maximum absolute atomic E-state index is 12.3. The van der Waals surface area contributed by atoms with Crippen molar-refractivity contribution in [2.75, 3.05) is 25.6 Å². The number of carbonyl (C=O) groups excluding carboxylic acids is 1. The van der Waals surface area contributed by atoms with Gasteiger partial charge < -0.3 is 9.64 Å². The summed E-state index contributed by atoms with van der Waals surface area (Å²) in [7, 11) is 0. The third-order valence-corrected chi connectivity index (χ3v) is 3.75. The Hall–Kier alpha value is -0.770. The quantitative estimate of drug-likeness (QED) is 0.799. The Morgan fingerprint density at radius 1 is 1.32 bits per heavy atom. The predicted molar refractivity (Wildman–Crippen MR) is 77.0 cm³/mol. The topological polar surface area (TPSA) is 29.5 Å². The van der Waals surface area contributed by atoms with Crippen LogP contribution >= 0.6 is 23.2 Å². The van der Waals surface area contributed by atoms with E-state index in [1.807, 2.05) is 17.0 Å². The molecule has 1 fully saturated rings. The van der Waals surface area contributed by atoms with E-state index in [2.05, 4.69) is 0 Å². The van der Waals surface area contributed by atoms with Gasteiger partial charge in [-0.1, -0.05) is 23.7 Å². The highest BCUT2D eigenvalue weighted by Gasteiger charge is 2.24. The van der Waals surface area contributed by atoms with Crippen LogP contribution in [0.3, 0.4) is 0 Å². The normalized spacial score (nSPS) is 16.6. The molecule has 1 aromatic carbocycles. The molecule has 19 heavy (non-hydrogen) atoms. The monoisotopic (exact) mass is 301 g/mol. The van der Waals surface area contributed by atoms with Crippen molar-refractivity contribution in [3.8, 4) is 0 Å². The number of halogens is 2. The average Bonchev–Trinajstić information content (AvgIpc) is 2.45. The Balaban J connectivity index is 1.91. The van der Waals surface area contributed by atoms with Gasteiger partial charge in [0.05, 0.1) is 23.3 Å². The van der Waals surface area contributed by atoms with Gasteiger partial charge in [-0.25, -0.2) is 0 Å². The van der Waals surface area contributed by atoms with Crippen molar-refractivity contribution in [2.24, 2.45) is 0 Å². The van der Waals surface area contributed by atoms with Crippen LogP contribution < -0.4 is 0 Å². The van der Waals surface area contributed by atoms with Crippen LogP contribution in [0.5, 0.6) is 0 Å². The molecule has 2 rings (SSSR count). The summed E-state index contributed by atoms with van der Waals surface area (Å²) in [5, 5.41) is 0.507. The summed E-state index contributed by atoms with van der Waals surface area (Å²) in [6.07, 6.45) is 1.93. The van der Waals surface area contributed by atoms with E-state index in [0.29, 0.717) is 36.2 Å². The predicted octanol–water partition coefficient (Wildman–Crippen LogP) is 3.20. The van der Waals surface area contributed by atoms with Gasteiger partial charge in [0.1, 0.15) is 0 Å². The van der Waals surface area contributed by atoms with Crippen LogP contribution in [-0.4, -0.2) is 42.5 Å². The molecule has 104 valence electrons. The maximum atomic E-state index is 12.3. The number of piperidine rings is 1. The lowest BCUT2D eigenvalue weighted by Gasteiger charge is -2.32. The van der Waals surface area contributed by atoms with Crippen molar-refractivity contribution in [3.05, 3.63) is 34.9 Å². The standard InChI is InChI=1S/C14H17Cl2NO2/c15-7-10-19-11-5-8-17(9-6-11)14(18)12-3-1-2-4-13(12)16/h1-4,11H,5-10H2. The van der Waals surface area contributed by atoms with Crippen LogP contribution in [0.2, 0.25) is 5.02 Å². The molecular formula is C14H17Cl2NO2. The zero-order chi connectivity index (χ0) is 13.7. The first-order valence-corrected chi connectivity index (χ1v) is 7.35. The van der Waals surface area contributed by atoms with E-state index in [9.17, 15) is 4.79 Å². The number of likely N-dealkylation sites (tertiary alicyclic amines) is 1. The van der Waals surface area contributed by atoms with Gasteiger partial charge >= 0.3 is 0 Å². The Bertz CT molecular complexity index is 431. The van der Waals surface area contributed by atoms with Crippen LogP contribution in [0.1, 0.15) is 23.2 Å². The van der Waals surface area contributed by atoms with Gasteiger partial charge in [-0.3, -0.25) is 4.79 Å². The first kappa shape index (κ1) is 14.6. The molecule has 1 amide bonds. The molecular weight excluding hydrogens is 285 g/mol. The Morgan fingerprint density at radius 3 is 2.63 bits per heavy atom. The molecule has 0 unspecified atom stereocenters. The van der Waals surface area contributed by atoms with Gasteiger partial charge in [-0.05, 0) is 25.0 Å². The van der Waals surface area contributed by atoms with E-state index in [-0.39, 0.29) is 12.0 Å². The van der Waals surface area contributed by atoms with Crippen LogP contribution in [0, 0.1) is 0 Å². The minimum absolute atomic E-state index is 0.00129. The Kier molecular flexibility index (Phi) is 5.49. The molecule has 1 heterocycles. The number of ether oxygens (including phenoxy) is 1. The van der Waals surface area contributed by atoms with Crippen LogP contribution in [0.25, 0.3) is 0 Å². The summed E-state index contributed by atoms with van der Waals surface area (Å²) >= 11 is 11.6. The molecule has 3 nitrogen and oxygen atoms in total. The summed E-state index contributed by atoms with van der Waals surface area (Å²) < 4.78 is 5.59. The summed E-state index contributed by atoms with van der Waals surface area (Å²) in [5.74, 6) is 0.514. The molecule has 1 aromatic rings. The van der Waals surface area contributed by atoms with Gasteiger partial charge in [-0.2, -0.15) is 0 Å². The van der Waals surface area contributed by atoms with Crippen LogP contribution in [0.4, 0.5) is 0 Å². The zero-order valence-electron chi connectivity index (χ0n) is 10.6. The van der Waals surface area contributed by atoms with Gasteiger partial charge in [0.2, 0.25) is 0 Å². The third kappa shape index (κ3) is 3.85. The number of carbonyl (C=O) groups is 1. The van der Waals surface area contributed by atoms with E-state index >= 15 is 0 Å². The highest BCUT2D eigenvalue weighted by Crippen LogP contribution is 2.20. The number of hydrogen-bond acceptors (Lipinski definition) is 2. The van der Waals surface area contributed by atoms with Crippen molar-refractivity contribution in [3.63, 3.8) is 0 Å². The molecule has 0 aromatic heterocycles. The minimum Gasteiger partial charge on any atom is -0.377 e. The average molecular weight is 302 g/mol. The fourth-order valence-electron chi connectivity index (χ4n) is 2.24. The second-order valence-corrected chi connectivity index (χ2v) is 5.32. The Morgan fingerprint density at radius 2 is 2.00 bits per heavy atom. The van der Waals surface area contributed by atoms with Crippen molar-refractivity contribution in [2.45, 2.75) is 18.9 Å². The first-order valence-electron chi connectivity index (χ1n) is 6.43. The molecule has 5 heteroatoms. The SMILES string of the molecule is O=C(c1ccccc1Cl)N1CCC(OCCCl)CC1. The van der Waals surface area contributed by atoms with E-state index in [1.165, 1.54) is 0 Å². The number of hydrogen-bond donors (Lipinski definition) is 0. The second kappa shape index (κ2) is 7.13. The van der Waals surface area contributed by atoms with Gasteiger partial charge in [0, 0.05) is 19.0 Å². The highest BCUT2D eigenvalue weighted by atomic mass is 35.5. The van der Waals surface area contributed by atoms with Crippen molar-refractivity contribution < 1.29 is 9.53 Å². The molecule has 0 radical (unpaired) electrons. The second-order valence-electron chi connectivity index (χ2n) is 4.53. The number of nitrogens with zero attached hydrogens (tertiary/aromatic N) is 1. The smallest absolute Gasteiger partial charge is 0.255 e. The number of benzene rings is 1. The number of rotatable bonds is 4. The molecule has 1 aliphatic rings. The van der Waals surface area contributed by atoms with E-state index < -0.39 is 0 Å². The number of amides is 1. The largest absolute Gasteiger partial charge is 0.377 e. The highest BCUT2D eigenvalue weighted by molar-refractivity contribution is 6.33. The molecule has 0 saturated carbocycles. The molecule has 0 spiro atoms. The first-order chi connectivity index (χ1) is 9.22. The molecule has 1 saturated heterocycles. The minimum atomic E-state index is 0.00129. The van der Waals surface area contributed by atoms with E-state index in [1.54, 1.807) is 12.1 Å². The van der Waals surface area contributed by atoms with Gasteiger partial charge in [-0.15, -0.1) is 11.6 Å². The van der Waals surface area contributed by atoms with Crippen LogP contribution in [0.15, 0.2) is 24.3 Å². The van der Waals surface area contributed by atoms with E-state index in [4.69, 9.17) is 27.9 Å². The molecule has 0 aliphatic carbocycles. The lowest BCUT2D eigenvalue weighted by molar-refractivity contribution is 0.0154. The fraction of sp³-hybridized carbons (Fsp3) is 0.500. The zero-order valence-corrected chi connectivity index (χ0v) is 12.2. The van der Waals surface area contributed by atoms with E-state index in [0.717, 1.165) is 12.8 Å². The molecule has 0 N–H and O–H groups in total. The summed E-state index contributed by atoms with van der Waals surface area (Å²) in [4.78, 5) is 14.2. The third-order valence-electron chi connectivity index (χ3n) is 3.26. The maximum Gasteiger partial charge on any atom is 0.255 e. The fourth-order valence-corrected chi connectivity index (χ4v) is 2.55. The Labute approximate surface area is 123 Å². The lowest BCUT2D eigenvalue weighted by Crippen LogP contribution is -2.41. The van der Waals surface area contributed by atoms with Gasteiger partial charge in [0.15, 0.2) is 0 Å². The van der Waals surface area contributed by atoms with Gasteiger partial charge in [0.25, 0.3) is 5.91 Å². The van der Waals surface area contributed by atoms with Crippen LogP contribution in [-0.2, 0) is 4.74 Å².